The highest BCUT2D eigenvalue weighted by atomic mass is 31.2. The van der Waals surface area contributed by atoms with Crippen LogP contribution in [0.15, 0.2) is 12.7 Å². The quantitative estimate of drug-likeness (QED) is 0.649. The molecule has 0 bridgehead atoms. The SMILES string of the molecule is CC(CCn1cnc2c(N)ncnc21)OCP(=O)(O)O. The van der Waals surface area contributed by atoms with Gasteiger partial charge in [0.05, 0.1) is 12.4 Å². The van der Waals surface area contributed by atoms with E-state index < -0.39 is 13.9 Å². The summed E-state index contributed by atoms with van der Waals surface area (Å²) in [5, 5.41) is 0. The summed E-state index contributed by atoms with van der Waals surface area (Å²) in [6, 6.07) is 0. The molecule has 2 heterocycles. The summed E-state index contributed by atoms with van der Waals surface area (Å²) in [4.78, 5) is 29.6. The molecule has 0 aliphatic carbocycles. The molecule has 0 saturated heterocycles. The van der Waals surface area contributed by atoms with Gasteiger partial charge >= 0.3 is 7.60 Å². The zero-order valence-corrected chi connectivity index (χ0v) is 11.8. The summed E-state index contributed by atoms with van der Waals surface area (Å²) in [7, 11) is -4.13. The molecule has 0 radical (unpaired) electrons. The Morgan fingerprint density at radius 3 is 2.90 bits per heavy atom. The number of anilines is 1. The number of hydrogen-bond donors (Lipinski definition) is 3. The number of imidazole rings is 1. The fraction of sp³-hybridized carbons (Fsp3) is 0.500. The Kier molecular flexibility index (Phi) is 4.34. The molecule has 0 saturated carbocycles. The van der Waals surface area contributed by atoms with Crippen molar-refractivity contribution in [3.63, 3.8) is 0 Å². The number of aromatic nitrogens is 4. The third-order valence-corrected chi connectivity index (χ3v) is 3.22. The second-order valence-corrected chi connectivity index (χ2v) is 6.02. The Morgan fingerprint density at radius 2 is 2.20 bits per heavy atom. The van der Waals surface area contributed by atoms with Gasteiger partial charge in [0, 0.05) is 6.54 Å². The Hall–Kier alpha value is -1.54. The first-order valence-corrected chi connectivity index (χ1v) is 7.74. The minimum Gasteiger partial charge on any atom is -0.382 e. The lowest BCUT2D eigenvalue weighted by molar-refractivity contribution is 0.0791. The van der Waals surface area contributed by atoms with Crippen molar-refractivity contribution in [2.75, 3.05) is 12.1 Å². The van der Waals surface area contributed by atoms with Crippen LogP contribution in [0.2, 0.25) is 0 Å². The van der Waals surface area contributed by atoms with Crippen LogP contribution in [0.25, 0.3) is 11.2 Å². The number of nitrogens with two attached hydrogens (primary N) is 1. The second-order valence-electron chi connectivity index (χ2n) is 4.43. The van der Waals surface area contributed by atoms with Gasteiger partial charge in [-0.1, -0.05) is 0 Å². The maximum Gasteiger partial charge on any atom is 0.350 e. The molecule has 0 aliphatic heterocycles. The molecule has 110 valence electrons. The molecular weight excluding hydrogens is 285 g/mol. The van der Waals surface area contributed by atoms with E-state index in [0.29, 0.717) is 29.9 Å². The number of aryl methyl sites for hydroxylation is 1. The van der Waals surface area contributed by atoms with E-state index in [2.05, 4.69) is 15.0 Å². The van der Waals surface area contributed by atoms with Crippen LogP contribution in [-0.4, -0.2) is 41.8 Å². The standard InChI is InChI=1S/C10H16N5O4P/c1-7(19-6-20(16,17)18)2-3-15-5-14-8-9(11)12-4-13-10(8)15/h4-5,7H,2-3,6H2,1H3,(H2,11,12,13)(H2,16,17,18). The second kappa shape index (κ2) is 5.84. The molecule has 0 amide bonds. The molecule has 1 unspecified atom stereocenters. The highest BCUT2D eigenvalue weighted by Gasteiger charge is 2.16. The molecule has 20 heavy (non-hydrogen) atoms. The summed E-state index contributed by atoms with van der Waals surface area (Å²) in [5.74, 6) is 0.319. The summed E-state index contributed by atoms with van der Waals surface area (Å²) in [6.07, 6.45) is 2.66. The molecule has 2 aromatic heterocycles. The Balaban J connectivity index is 1.96. The molecule has 0 fully saturated rings. The minimum absolute atomic E-state index is 0.292. The Bertz CT molecular complexity index is 640. The highest BCUT2D eigenvalue weighted by molar-refractivity contribution is 7.51. The van der Waals surface area contributed by atoms with Crippen molar-refractivity contribution < 1.29 is 19.1 Å². The van der Waals surface area contributed by atoms with Gasteiger partial charge in [-0.15, -0.1) is 0 Å². The van der Waals surface area contributed by atoms with E-state index in [-0.39, 0.29) is 6.10 Å². The zero-order chi connectivity index (χ0) is 14.8. The monoisotopic (exact) mass is 301 g/mol. The predicted octanol–water partition coefficient (Wildman–Crippen LogP) is 0.339. The number of hydrogen-bond acceptors (Lipinski definition) is 6. The van der Waals surface area contributed by atoms with E-state index in [1.165, 1.54) is 6.33 Å². The Morgan fingerprint density at radius 1 is 1.45 bits per heavy atom. The molecule has 2 aromatic rings. The van der Waals surface area contributed by atoms with Gasteiger partial charge in [0.25, 0.3) is 0 Å². The Labute approximate surface area is 115 Å². The molecule has 4 N–H and O–H groups in total. The molecule has 0 aromatic carbocycles. The van der Waals surface area contributed by atoms with Crippen molar-refractivity contribution in [2.24, 2.45) is 0 Å². The van der Waals surface area contributed by atoms with Crippen LogP contribution >= 0.6 is 7.60 Å². The normalized spacial score (nSPS) is 13.8. The molecule has 10 heteroatoms. The molecule has 9 nitrogen and oxygen atoms in total. The van der Waals surface area contributed by atoms with Crippen LogP contribution in [0.4, 0.5) is 5.82 Å². The van der Waals surface area contributed by atoms with E-state index >= 15 is 0 Å². The first-order valence-electron chi connectivity index (χ1n) is 5.94. The zero-order valence-electron chi connectivity index (χ0n) is 10.9. The number of nitrogens with zero attached hydrogens (tertiary/aromatic N) is 4. The van der Waals surface area contributed by atoms with Gasteiger partial charge in [-0.2, -0.15) is 0 Å². The van der Waals surface area contributed by atoms with Crippen LogP contribution < -0.4 is 5.73 Å². The lowest BCUT2D eigenvalue weighted by atomic mass is 10.3. The number of nitrogen functional groups attached to an aromatic ring is 1. The topological polar surface area (TPSA) is 136 Å². The van der Waals surface area contributed by atoms with Gasteiger partial charge in [0.15, 0.2) is 11.5 Å². The average Bonchev–Trinajstić information content (AvgIpc) is 2.78. The van der Waals surface area contributed by atoms with Crippen LogP contribution in [0.5, 0.6) is 0 Å². The maximum absolute atomic E-state index is 10.7. The van der Waals surface area contributed by atoms with E-state index in [1.807, 2.05) is 0 Å². The van der Waals surface area contributed by atoms with Crippen molar-refractivity contribution >= 4 is 24.6 Å². The van der Waals surface area contributed by atoms with Crippen molar-refractivity contribution in [3.8, 4) is 0 Å². The molecule has 2 rings (SSSR count). The van der Waals surface area contributed by atoms with Gasteiger partial charge in [-0.05, 0) is 13.3 Å². The van der Waals surface area contributed by atoms with Gasteiger partial charge < -0.3 is 24.8 Å². The lowest BCUT2D eigenvalue weighted by Gasteiger charge is -2.14. The fourth-order valence-corrected chi connectivity index (χ4v) is 2.14. The van der Waals surface area contributed by atoms with E-state index in [0.717, 1.165) is 0 Å². The van der Waals surface area contributed by atoms with Gasteiger partial charge in [0.2, 0.25) is 0 Å². The third-order valence-electron chi connectivity index (χ3n) is 2.73. The van der Waals surface area contributed by atoms with Crippen LogP contribution in [-0.2, 0) is 15.8 Å². The van der Waals surface area contributed by atoms with Crippen LogP contribution in [0, 0.1) is 0 Å². The predicted molar refractivity (Wildman–Crippen MR) is 71.8 cm³/mol. The van der Waals surface area contributed by atoms with Crippen LogP contribution in [0.3, 0.4) is 0 Å². The van der Waals surface area contributed by atoms with E-state index in [4.69, 9.17) is 20.3 Å². The fourth-order valence-electron chi connectivity index (χ4n) is 1.69. The summed E-state index contributed by atoms with van der Waals surface area (Å²) >= 11 is 0. The highest BCUT2D eigenvalue weighted by Crippen LogP contribution is 2.34. The molecule has 1 atom stereocenters. The summed E-state index contributed by atoms with van der Waals surface area (Å²) < 4.78 is 17.6. The summed E-state index contributed by atoms with van der Waals surface area (Å²) in [6.45, 7) is 2.30. The van der Waals surface area contributed by atoms with E-state index in [9.17, 15) is 4.57 Å². The molecule has 0 aliphatic rings. The first kappa shape index (κ1) is 14.9. The number of fused-ring (bicyclic) bond motifs is 1. The smallest absolute Gasteiger partial charge is 0.350 e. The number of rotatable bonds is 6. The maximum atomic E-state index is 10.7. The van der Waals surface area contributed by atoms with Crippen molar-refractivity contribution in [3.05, 3.63) is 12.7 Å². The van der Waals surface area contributed by atoms with Gasteiger partial charge in [-0.3, -0.25) is 4.57 Å². The summed E-state index contributed by atoms with van der Waals surface area (Å²) in [5.41, 5.74) is 6.85. The van der Waals surface area contributed by atoms with Gasteiger partial charge in [0.1, 0.15) is 18.2 Å². The minimum atomic E-state index is -4.13. The van der Waals surface area contributed by atoms with E-state index in [1.54, 1.807) is 17.8 Å². The largest absolute Gasteiger partial charge is 0.382 e. The van der Waals surface area contributed by atoms with Gasteiger partial charge in [-0.25, -0.2) is 15.0 Å². The van der Waals surface area contributed by atoms with Crippen molar-refractivity contribution in [2.45, 2.75) is 26.0 Å². The molecule has 0 spiro atoms. The first-order chi connectivity index (χ1) is 9.37. The average molecular weight is 301 g/mol. The van der Waals surface area contributed by atoms with Crippen LogP contribution in [0.1, 0.15) is 13.3 Å². The van der Waals surface area contributed by atoms with Crippen molar-refractivity contribution in [1.82, 2.24) is 19.5 Å². The lowest BCUT2D eigenvalue weighted by Crippen LogP contribution is -2.13. The molecular formula is C10H16N5O4P. The third kappa shape index (κ3) is 3.73. The number of ether oxygens (including phenoxy) is 1. The van der Waals surface area contributed by atoms with Crippen molar-refractivity contribution in [1.29, 1.82) is 0 Å².